The smallest absolute Gasteiger partial charge is 0.221 e. The van der Waals surface area contributed by atoms with Gasteiger partial charge in [-0.25, -0.2) is 9.97 Å². The molecule has 22 heavy (non-hydrogen) atoms. The summed E-state index contributed by atoms with van der Waals surface area (Å²) in [6.07, 6.45) is 1.51. The monoisotopic (exact) mass is 356 g/mol. The minimum Gasteiger partial charge on any atom is -0.340 e. The maximum absolute atomic E-state index is 11.2. The van der Waals surface area contributed by atoms with Gasteiger partial charge in [-0.3, -0.25) is 4.79 Å². The number of carbonyl (C=O) groups is 1. The summed E-state index contributed by atoms with van der Waals surface area (Å²) in [7, 11) is 0. The average Bonchev–Trinajstić information content (AvgIpc) is 2.47. The summed E-state index contributed by atoms with van der Waals surface area (Å²) in [4.78, 5) is 19.7. The molecule has 5 nitrogen and oxygen atoms in total. The predicted octanol–water partition coefficient (Wildman–Crippen LogP) is 4.09. The molecule has 0 spiro atoms. The van der Waals surface area contributed by atoms with Gasteiger partial charge in [-0.05, 0) is 36.4 Å². The molecule has 0 aliphatic heterocycles. The van der Waals surface area contributed by atoms with Crippen molar-refractivity contribution in [3.05, 3.63) is 53.3 Å². The van der Waals surface area contributed by atoms with Crippen LogP contribution in [0.4, 0.5) is 17.2 Å². The van der Waals surface area contributed by atoms with Crippen LogP contribution in [0.15, 0.2) is 53.3 Å². The van der Waals surface area contributed by atoms with Gasteiger partial charge in [0.15, 0.2) is 0 Å². The summed E-state index contributed by atoms with van der Waals surface area (Å²) in [6, 6.07) is 13.4. The van der Waals surface area contributed by atoms with Gasteiger partial charge in [-0.1, -0.05) is 22.0 Å². The summed E-state index contributed by atoms with van der Waals surface area (Å²) in [6.45, 7) is 1.48. The Labute approximate surface area is 135 Å². The largest absolute Gasteiger partial charge is 0.340 e. The van der Waals surface area contributed by atoms with Crippen LogP contribution >= 0.6 is 15.9 Å². The van der Waals surface area contributed by atoms with Crippen LogP contribution < -0.4 is 10.6 Å². The van der Waals surface area contributed by atoms with E-state index in [1.807, 2.05) is 42.5 Å². The van der Waals surface area contributed by atoms with Crippen molar-refractivity contribution in [3.8, 4) is 0 Å². The molecule has 1 aromatic heterocycles. The molecule has 2 N–H and O–H groups in total. The lowest BCUT2D eigenvalue weighted by atomic mass is 10.2. The Hall–Kier alpha value is -2.47. The summed E-state index contributed by atoms with van der Waals surface area (Å²) in [5, 5.41) is 6.88. The zero-order valence-corrected chi connectivity index (χ0v) is 13.4. The Morgan fingerprint density at radius 1 is 1.09 bits per heavy atom. The van der Waals surface area contributed by atoms with Crippen LogP contribution in [0, 0.1) is 0 Å². The van der Waals surface area contributed by atoms with E-state index in [4.69, 9.17) is 0 Å². The van der Waals surface area contributed by atoms with Crippen molar-refractivity contribution < 1.29 is 4.79 Å². The zero-order chi connectivity index (χ0) is 15.5. The Bertz CT molecular complexity index is 850. The van der Waals surface area contributed by atoms with E-state index in [0.29, 0.717) is 11.5 Å². The maximum Gasteiger partial charge on any atom is 0.221 e. The third-order valence-electron chi connectivity index (χ3n) is 3.04. The van der Waals surface area contributed by atoms with Gasteiger partial charge in [-0.2, -0.15) is 0 Å². The number of hydrogen-bond donors (Lipinski definition) is 2. The van der Waals surface area contributed by atoms with Crippen LogP contribution in [0.3, 0.4) is 0 Å². The van der Waals surface area contributed by atoms with Crippen molar-refractivity contribution in [3.63, 3.8) is 0 Å². The number of rotatable bonds is 3. The number of fused-ring (bicyclic) bond motifs is 1. The normalized spacial score (nSPS) is 10.5. The summed E-state index contributed by atoms with van der Waals surface area (Å²) < 4.78 is 0.981. The summed E-state index contributed by atoms with van der Waals surface area (Å²) >= 11 is 3.44. The number of amides is 1. The van der Waals surface area contributed by atoms with Crippen LogP contribution in [-0.2, 0) is 4.79 Å². The Morgan fingerprint density at radius 2 is 1.95 bits per heavy atom. The molecule has 1 amide bonds. The van der Waals surface area contributed by atoms with Crippen molar-refractivity contribution in [2.24, 2.45) is 0 Å². The first-order chi connectivity index (χ1) is 10.6. The summed E-state index contributed by atoms with van der Waals surface area (Å²) in [5.41, 5.74) is 2.44. The quantitative estimate of drug-likeness (QED) is 0.741. The first kappa shape index (κ1) is 14.5. The Morgan fingerprint density at radius 3 is 2.73 bits per heavy atom. The molecule has 3 rings (SSSR count). The molecule has 0 unspecified atom stereocenters. The summed E-state index contributed by atoms with van der Waals surface area (Å²) in [5.74, 6) is 0.577. The lowest BCUT2D eigenvalue weighted by Crippen LogP contribution is -2.05. The zero-order valence-electron chi connectivity index (χ0n) is 11.8. The van der Waals surface area contributed by atoms with Crippen LogP contribution in [0.5, 0.6) is 0 Å². The highest BCUT2D eigenvalue weighted by molar-refractivity contribution is 9.10. The second-order valence-corrected chi connectivity index (χ2v) is 5.69. The van der Waals surface area contributed by atoms with Crippen molar-refractivity contribution in [1.82, 2.24) is 9.97 Å². The van der Waals surface area contributed by atoms with Crippen LogP contribution in [0.2, 0.25) is 0 Å². The molecule has 2 aromatic carbocycles. The van der Waals surface area contributed by atoms with E-state index in [-0.39, 0.29) is 5.91 Å². The average molecular weight is 357 g/mol. The van der Waals surface area contributed by atoms with Gasteiger partial charge in [0, 0.05) is 28.2 Å². The van der Waals surface area contributed by atoms with Crippen molar-refractivity contribution >= 4 is 49.9 Å². The number of aromatic nitrogens is 2. The minimum absolute atomic E-state index is 0.113. The van der Waals surface area contributed by atoms with Crippen LogP contribution in [-0.4, -0.2) is 15.9 Å². The highest BCUT2D eigenvalue weighted by Crippen LogP contribution is 2.26. The number of carbonyl (C=O) groups excluding carboxylic acids is 1. The molecule has 0 aliphatic rings. The number of benzene rings is 2. The third-order valence-corrected chi connectivity index (χ3v) is 3.54. The van der Waals surface area contributed by atoms with Crippen molar-refractivity contribution in [2.45, 2.75) is 6.92 Å². The van der Waals surface area contributed by atoms with E-state index in [0.717, 1.165) is 21.1 Å². The van der Waals surface area contributed by atoms with Crippen molar-refractivity contribution in [2.75, 3.05) is 10.6 Å². The molecule has 0 saturated heterocycles. The number of halogens is 1. The van der Waals surface area contributed by atoms with Crippen molar-refractivity contribution in [1.29, 1.82) is 0 Å². The van der Waals surface area contributed by atoms with Gasteiger partial charge in [0.1, 0.15) is 12.1 Å². The van der Waals surface area contributed by atoms with Gasteiger partial charge in [0.25, 0.3) is 0 Å². The van der Waals surface area contributed by atoms with Gasteiger partial charge < -0.3 is 10.6 Å². The predicted molar refractivity (Wildman–Crippen MR) is 91.3 cm³/mol. The Kier molecular flexibility index (Phi) is 4.02. The second kappa shape index (κ2) is 6.11. The fourth-order valence-corrected chi connectivity index (χ4v) is 2.54. The maximum atomic E-state index is 11.2. The molecule has 0 fully saturated rings. The molecule has 0 saturated carbocycles. The number of anilines is 3. The number of hydrogen-bond acceptors (Lipinski definition) is 4. The lowest BCUT2D eigenvalue weighted by Gasteiger charge is -2.10. The third kappa shape index (κ3) is 3.23. The lowest BCUT2D eigenvalue weighted by molar-refractivity contribution is -0.114. The van der Waals surface area contributed by atoms with Gasteiger partial charge in [0.05, 0.1) is 5.52 Å². The standard InChI is InChI=1S/C16H13BrN4O/c1-10(22)20-13-5-6-15-14(8-13)16(19-9-18-15)21-12-4-2-3-11(17)7-12/h2-9H,1H3,(H,20,22)(H,18,19,21). The van der Waals surface area contributed by atoms with E-state index in [1.165, 1.54) is 13.3 Å². The highest BCUT2D eigenvalue weighted by atomic mass is 79.9. The topological polar surface area (TPSA) is 66.9 Å². The fraction of sp³-hybridized carbons (Fsp3) is 0.0625. The van der Waals surface area contributed by atoms with Crippen LogP contribution in [0.25, 0.3) is 10.9 Å². The van der Waals surface area contributed by atoms with E-state index < -0.39 is 0 Å². The van der Waals surface area contributed by atoms with E-state index in [1.54, 1.807) is 0 Å². The van der Waals surface area contributed by atoms with Gasteiger partial charge in [-0.15, -0.1) is 0 Å². The molecular formula is C16H13BrN4O. The van der Waals surface area contributed by atoms with E-state index in [9.17, 15) is 4.79 Å². The molecule has 6 heteroatoms. The number of nitrogens with zero attached hydrogens (tertiary/aromatic N) is 2. The first-order valence-electron chi connectivity index (χ1n) is 6.67. The van der Waals surface area contributed by atoms with E-state index >= 15 is 0 Å². The molecular weight excluding hydrogens is 344 g/mol. The molecule has 0 bridgehead atoms. The molecule has 1 heterocycles. The molecule has 0 aliphatic carbocycles. The SMILES string of the molecule is CC(=O)Nc1ccc2ncnc(Nc3cccc(Br)c3)c2c1. The molecule has 3 aromatic rings. The second-order valence-electron chi connectivity index (χ2n) is 4.77. The minimum atomic E-state index is -0.113. The fourth-order valence-electron chi connectivity index (χ4n) is 2.14. The molecule has 0 radical (unpaired) electrons. The Balaban J connectivity index is 2.02. The van der Waals surface area contributed by atoms with Gasteiger partial charge in [0.2, 0.25) is 5.91 Å². The highest BCUT2D eigenvalue weighted by Gasteiger charge is 2.06. The molecule has 0 atom stereocenters. The molecule has 110 valence electrons. The first-order valence-corrected chi connectivity index (χ1v) is 7.46. The van der Waals surface area contributed by atoms with Crippen LogP contribution in [0.1, 0.15) is 6.92 Å². The number of nitrogens with one attached hydrogen (secondary N) is 2. The van der Waals surface area contributed by atoms with E-state index in [2.05, 4.69) is 36.5 Å². The van der Waals surface area contributed by atoms with Gasteiger partial charge >= 0.3 is 0 Å².